The molecule has 5 nitrogen and oxygen atoms in total. The fourth-order valence-electron chi connectivity index (χ4n) is 3.32. The highest BCUT2D eigenvalue weighted by Gasteiger charge is 2.17. The Labute approximate surface area is 171 Å². The third kappa shape index (κ3) is 4.74. The largest absolute Gasteiger partial charge is 0.391 e. The van der Waals surface area contributed by atoms with Gasteiger partial charge < -0.3 is 15.5 Å². The Morgan fingerprint density at radius 1 is 1.00 bits per heavy atom. The summed E-state index contributed by atoms with van der Waals surface area (Å²) in [6, 6.07) is 22.8. The fraction of sp³-hybridized carbons (Fsp3) is 0.250. The van der Waals surface area contributed by atoms with Crippen molar-refractivity contribution in [1.82, 2.24) is 4.98 Å². The molecule has 1 aromatic heterocycles. The number of rotatable bonds is 7. The molecule has 148 valence electrons. The standard InChI is InChI=1S/C24H26N4O/c1-2-15-25-23-13-12-21-22(14-16-26-24(21)27-23)28-29-17-18-8-10-20(11-9-18)19-6-4-3-5-7-19/h3-13H,2,14-17H2,1H3,(H2,25,26,27)/b28-22+. The van der Waals surface area contributed by atoms with Crippen molar-refractivity contribution in [2.45, 2.75) is 26.4 Å². The summed E-state index contributed by atoms with van der Waals surface area (Å²) < 4.78 is 0. The smallest absolute Gasteiger partial charge is 0.142 e. The molecule has 0 saturated heterocycles. The first-order valence-corrected chi connectivity index (χ1v) is 10.2. The number of pyridine rings is 1. The van der Waals surface area contributed by atoms with Crippen LogP contribution in [0.4, 0.5) is 11.6 Å². The molecule has 0 unspecified atom stereocenters. The molecule has 4 rings (SSSR count). The van der Waals surface area contributed by atoms with E-state index < -0.39 is 0 Å². The number of nitrogens with zero attached hydrogens (tertiary/aromatic N) is 2. The van der Waals surface area contributed by atoms with E-state index in [0.29, 0.717) is 6.61 Å². The Morgan fingerprint density at radius 3 is 2.59 bits per heavy atom. The quantitative estimate of drug-likeness (QED) is 0.541. The minimum atomic E-state index is 0.449. The predicted molar refractivity (Wildman–Crippen MR) is 119 cm³/mol. The lowest BCUT2D eigenvalue weighted by atomic mass is 10.0. The van der Waals surface area contributed by atoms with E-state index in [1.807, 2.05) is 12.1 Å². The van der Waals surface area contributed by atoms with Crippen molar-refractivity contribution in [2.75, 3.05) is 23.7 Å². The minimum absolute atomic E-state index is 0.449. The van der Waals surface area contributed by atoms with Crippen LogP contribution in [0.3, 0.4) is 0 Å². The predicted octanol–water partition coefficient (Wildman–Crippen LogP) is 5.31. The van der Waals surface area contributed by atoms with Crippen molar-refractivity contribution in [3.63, 3.8) is 0 Å². The van der Waals surface area contributed by atoms with Crippen molar-refractivity contribution in [1.29, 1.82) is 0 Å². The number of oxime groups is 1. The van der Waals surface area contributed by atoms with Crippen LogP contribution in [0, 0.1) is 0 Å². The number of benzene rings is 2. The molecule has 2 aromatic carbocycles. The molecule has 0 aliphatic carbocycles. The van der Waals surface area contributed by atoms with Crippen molar-refractivity contribution in [3.8, 4) is 11.1 Å². The first kappa shape index (κ1) is 19.0. The lowest BCUT2D eigenvalue weighted by molar-refractivity contribution is 0.130. The Hall–Kier alpha value is -3.34. The molecule has 0 bridgehead atoms. The van der Waals surface area contributed by atoms with Crippen molar-refractivity contribution >= 4 is 17.3 Å². The highest BCUT2D eigenvalue weighted by molar-refractivity contribution is 6.05. The number of hydrogen-bond donors (Lipinski definition) is 2. The Kier molecular flexibility index (Phi) is 6.05. The summed E-state index contributed by atoms with van der Waals surface area (Å²) in [6.45, 7) is 4.32. The summed E-state index contributed by atoms with van der Waals surface area (Å²) in [4.78, 5) is 10.3. The lowest BCUT2D eigenvalue weighted by Crippen LogP contribution is -2.20. The van der Waals surface area contributed by atoms with Gasteiger partial charge in [0.2, 0.25) is 0 Å². The first-order chi connectivity index (χ1) is 14.3. The molecule has 0 atom stereocenters. The van der Waals surface area contributed by atoms with Crippen LogP contribution in [0.5, 0.6) is 0 Å². The van der Waals surface area contributed by atoms with Gasteiger partial charge in [0.15, 0.2) is 0 Å². The lowest BCUT2D eigenvalue weighted by Gasteiger charge is -2.19. The molecule has 0 radical (unpaired) electrons. The summed E-state index contributed by atoms with van der Waals surface area (Å²) in [5.41, 5.74) is 5.46. The van der Waals surface area contributed by atoms with Gasteiger partial charge in [0.25, 0.3) is 0 Å². The Bertz CT molecular complexity index is 968. The van der Waals surface area contributed by atoms with Gasteiger partial charge in [0.1, 0.15) is 18.2 Å². The maximum atomic E-state index is 5.67. The van der Waals surface area contributed by atoms with Crippen molar-refractivity contribution in [3.05, 3.63) is 77.9 Å². The Morgan fingerprint density at radius 2 is 1.79 bits per heavy atom. The molecule has 0 spiro atoms. The van der Waals surface area contributed by atoms with Crippen LogP contribution in [-0.4, -0.2) is 23.8 Å². The van der Waals surface area contributed by atoms with Crippen molar-refractivity contribution < 1.29 is 4.84 Å². The number of aromatic nitrogens is 1. The van der Waals surface area contributed by atoms with Gasteiger partial charge in [-0.2, -0.15) is 0 Å². The van der Waals surface area contributed by atoms with Crippen LogP contribution < -0.4 is 10.6 Å². The van der Waals surface area contributed by atoms with E-state index in [0.717, 1.165) is 54.4 Å². The van der Waals surface area contributed by atoms with Gasteiger partial charge >= 0.3 is 0 Å². The molecule has 5 heteroatoms. The van der Waals surface area contributed by atoms with E-state index in [4.69, 9.17) is 4.84 Å². The zero-order valence-corrected chi connectivity index (χ0v) is 16.7. The van der Waals surface area contributed by atoms with Crippen LogP contribution in [0.25, 0.3) is 11.1 Å². The van der Waals surface area contributed by atoms with E-state index >= 15 is 0 Å². The molecule has 2 N–H and O–H groups in total. The van der Waals surface area contributed by atoms with Gasteiger partial charge in [-0.3, -0.25) is 0 Å². The summed E-state index contributed by atoms with van der Waals surface area (Å²) in [5, 5.41) is 11.1. The third-order valence-corrected chi connectivity index (χ3v) is 4.88. The molecule has 29 heavy (non-hydrogen) atoms. The number of anilines is 2. The monoisotopic (exact) mass is 386 g/mol. The van der Waals surface area contributed by atoms with Gasteiger partial charge in [-0.1, -0.05) is 66.7 Å². The second kappa shape index (κ2) is 9.24. The van der Waals surface area contributed by atoms with Crippen LogP contribution in [0.2, 0.25) is 0 Å². The van der Waals surface area contributed by atoms with Gasteiger partial charge in [-0.25, -0.2) is 4.98 Å². The zero-order chi connectivity index (χ0) is 19.9. The highest BCUT2D eigenvalue weighted by atomic mass is 16.6. The number of hydrogen-bond acceptors (Lipinski definition) is 5. The Balaban J connectivity index is 1.40. The maximum absolute atomic E-state index is 5.67. The van der Waals surface area contributed by atoms with Gasteiger partial charge in [0, 0.05) is 25.1 Å². The molecule has 1 aliphatic heterocycles. The molecule has 0 fully saturated rings. The van der Waals surface area contributed by atoms with E-state index in [2.05, 4.69) is 82.3 Å². The third-order valence-electron chi connectivity index (χ3n) is 4.88. The normalized spacial score (nSPS) is 14.2. The van der Waals surface area contributed by atoms with Gasteiger partial charge in [-0.05, 0) is 35.2 Å². The van der Waals surface area contributed by atoms with E-state index in [9.17, 15) is 0 Å². The molecular weight excluding hydrogens is 360 g/mol. The number of fused-ring (bicyclic) bond motifs is 1. The summed E-state index contributed by atoms with van der Waals surface area (Å²) in [5.74, 6) is 1.76. The topological polar surface area (TPSA) is 58.5 Å². The van der Waals surface area contributed by atoms with Crippen LogP contribution in [0.15, 0.2) is 71.9 Å². The SMILES string of the molecule is CCCNc1ccc2c(n1)NCC/C2=N\OCc1ccc(-c2ccccc2)cc1. The van der Waals surface area contributed by atoms with E-state index in [1.54, 1.807) is 0 Å². The summed E-state index contributed by atoms with van der Waals surface area (Å²) in [6.07, 6.45) is 1.89. The highest BCUT2D eigenvalue weighted by Crippen LogP contribution is 2.23. The fourth-order valence-corrected chi connectivity index (χ4v) is 3.32. The second-order valence-electron chi connectivity index (χ2n) is 7.07. The molecule has 3 aromatic rings. The van der Waals surface area contributed by atoms with Crippen LogP contribution >= 0.6 is 0 Å². The molecule has 0 amide bonds. The van der Waals surface area contributed by atoms with E-state index in [-0.39, 0.29) is 0 Å². The molecule has 0 saturated carbocycles. The maximum Gasteiger partial charge on any atom is 0.142 e. The van der Waals surface area contributed by atoms with Crippen LogP contribution in [0.1, 0.15) is 30.9 Å². The van der Waals surface area contributed by atoms with Gasteiger partial charge in [0.05, 0.1) is 5.71 Å². The minimum Gasteiger partial charge on any atom is -0.391 e. The molecule has 2 heterocycles. The zero-order valence-electron chi connectivity index (χ0n) is 16.7. The summed E-state index contributed by atoms with van der Waals surface area (Å²) in [7, 11) is 0. The van der Waals surface area contributed by atoms with Gasteiger partial charge in [-0.15, -0.1) is 0 Å². The van der Waals surface area contributed by atoms with E-state index in [1.165, 1.54) is 11.1 Å². The molecule has 1 aliphatic rings. The van der Waals surface area contributed by atoms with Crippen LogP contribution in [-0.2, 0) is 11.4 Å². The average molecular weight is 386 g/mol. The van der Waals surface area contributed by atoms with Crippen molar-refractivity contribution in [2.24, 2.45) is 5.16 Å². The number of nitrogens with one attached hydrogen (secondary N) is 2. The average Bonchev–Trinajstić information content (AvgIpc) is 2.78. The first-order valence-electron chi connectivity index (χ1n) is 10.2. The second-order valence-corrected chi connectivity index (χ2v) is 7.07. The molecular formula is C24H26N4O. The summed E-state index contributed by atoms with van der Waals surface area (Å²) >= 11 is 0.